The molecule has 0 amide bonds. The number of aromatic nitrogens is 5. The van der Waals surface area contributed by atoms with Crippen molar-refractivity contribution in [3.63, 3.8) is 0 Å². The molecular weight excluding hydrogens is 461 g/mol. The van der Waals surface area contributed by atoms with Crippen LogP contribution in [0.4, 0.5) is 4.39 Å². The number of hydrogen-bond donors (Lipinski definition) is 0. The second-order valence-electron chi connectivity index (χ2n) is 9.76. The van der Waals surface area contributed by atoms with Crippen molar-refractivity contribution in [2.75, 3.05) is 26.2 Å². The lowest BCUT2D eigenvalue weighted by Crippen LogP contribution is -2.48. The first-order chi connectivity index (χ1) is 17.0. The van der Waals surface area contributed by atoms with Crippen LogP contribution in [0.25, 0.3) is 16.6 Å². The Morgan fingerprint density at radius 3 is 2.60 bits per heavy atom. The van der Waals surface area contributed by atoms with Crippen molar-refractivity contribution in [3.8, 4) is 5.69 Å². The van der Waals surface area contributed by atoms with Crippen LogP contribution in [0.5, 0.6) is 0 Å². The Morgan fingerprint density at radius 2 is 1.89 bits per heavy atom. The van der Waals surface area contributed by atoms with E-state index in [0.29, 0.717) is 6.04 Å². The Balaban J connectivity index is 1.32. The molecule has 6 rings (SSSR count). The van der Waals surface area contributed by atoms with Gasteiger partial charge in [-0.3, -0.25) is 4.90 Å². The highest BCUT2D eigenvalue weighted by atomic mass is 32.2. The van der Waals surface area contributed by atoms with Gasteiger partial charge in [0.25, 0.3) is 0 Å². The molecule has 1 unspecified atom stereocenters. The number of piperazine rings is 1. The third-order valence-electron chi connectivity index (χ3n) is 7.36. The predicted molar refractivity (Wildman–Crippen MR) is 136 cm³/mol. The highest BCUT2D eigenvalue weighted by Gasteiger charge is 2.33. The van der Waals surface area contributed by atoms with E-state index in [9.17, 15) is 4.39 Å². The number of benzene rings is 2. The fourth-order valence-corrected chi connectivity index (χ4v) is 6.15. The molecule has 182 valence electrons. The Hall–Kier alpha value is -2.75. The molecule has 2 aliphatic rings. The molecule has 1 atom stereocenters. The van der Waals surface area contributed by atoms with Crippen LogP contribution in [0.1, 0.15) is 36.4 Å². The number of hydrogen-bond acceptors (Lipinski definition) is 6. The number of nitrogens with zero attached hydrogens (tertiary/aromatic N) is 7. The Bertz CT molecular complexity index is 1330. The van der Waals surface area contributed by atoms with Crippen LogP contribution in [0.3, 0.4) is 0 Å². The van der Waals surface area contributed by atoms with E-state index in [0.717, 1.165) is 47.2 Å². The fourth-order valence-electron chi connectivity index (χ4n) is 5.24. The molecule has 1 saturated carbocycles. The smallest absolute Gasteiger partial charge is 0.153 e. The molecule has 0 spiro atoms. The molecule has 1 aliphatic heterocycles. The van der Waals surface area contributed by atoms with Crippen molar-refractivity contribution in [3.05, 3.63) is 65.7 Å². The van der Waals surface area contributed by atoms with E-state index >= 15 is 0 Å². The second-order valence-corrected chi connectivity index (χ2v) is 10.9. The summed E-state index contributed by atoms with van der Waals surface area (Å²) in [6.45, 7) is 6.36. The van der Waals surface area contributed by atoms with Gasteiger partial charge in [0.05, 0.1) is 23.6 Å². The molecule has 4 aromatic rings. The van der Waals surface area contributed by atoms with Crippen molar-refractivity contribution >= 4 is 22.9 Å². The first kappa shape index (κ1) is 22.7. The summed E-state index contributed by atoms with van der Waals surface area (Å²) in [5.41, 5.74) is 4.53. The van der Waals surface area contributed by atoms with Gasteiger partial charge >= 0.3 is 0 Å². The average Bonchev–Trinajstić information content (AvgIpc) is 3.42. The van der Waals surface area contributed by atoms with Gasteiger partial charge in [0.2, 0.25) is 0 Å². The van der Waals surface area contributed by atoms with Gasteiger partial charge in [-0.1, -0.05) is 6.42 Å². The van der Waals surface area contributed by atoms with E-state index in [2.05, 4.69) is 43.6 Å². The first-order valence-corrected chi connectivity index (χ1v) is 13.1. The quantitative estimate of drug-likeness (QED) is 0.362. The molecule has 7 nitrogen and oxygen atoms in total. The van der Waals surface area contributed by atoms with Crippen LogP contribution in [0.15, 0.2) is 53.8 Å². The molecule has 0 radical (unpaired) electrons. The lowest BCUT2D eigenvalue weighted by atomic mass is 9.84. The second kappa shape index (κ2) is 9.37. The zero-order valence-corrected chi connectivity index (χ0v) is 21.0. The van der Waals surface area contributed by atoms with Crippen LogP contribution < -0.4 is 0 Å². The minimum atomic E-state index is -0.239. The zero-order valence-electron chi connectivity index (χ0n) is 20.1. The van der Waals surface area contributed by atoms with Gasteiger partial charge in [-0.05, 0) is 85.2 Å². The molecule has 2 fully saturated rings. The van der Waals surface area contributed by atoms with Crippen molar-refractivity contribution in [1.29, 1.82) is 0 Å². The number of fused-ring (bicyclic) bond motifs is 1. The maximum atomic E-state index is 13.4. The maximum Gasteiger partial charge on any atom is 0.153 e. The largest absolute Gasteiger partial charge is 0.293 e. The lowest BCUT2D eigenvalue weighted by Gasteiger charge is -2.44. The Morgan fingerprint density at radius 1 is 1.06 bits per heavy atom. The molecule has 2 aromatic carbocycles. The van der Waals surface area contributed by atoms with Crippen molar-refractivity contribution in [2.45, 2.75) is 37.3 Å². The molecule has 9 heteroatoms. The van der Waals surface area contributed by atoms with Gasteiger partial charge in [0.1, 0.15) is 5.82 Å². The van der Waals surface area contributed by atoms with E-state index in [-0.39, 0.29) is 5.82 Å². The third-order valence-corrected chi connectivity index (χ3v) is 8.32. The topological polar surface area (TPSA) is 55.0 Å². The number of aryl methyl sites for hydroxylation is 2. The molecule has 2 aromatic heterocycles. The average molecular weight is 492 g/mol. The monoisotopic (exact) mass is 491 g/mol. The zero-order chi connectivity index (χ0) is 23.9. The molecule has 35 heavy (non-hydrogen) atoms. The molecule has 1 saturated heterocycles. The van der Waals surface area contributed by atoms with Crippen LogP contribution >= 0.6 is 11.9 Å². The van der Waals surface area contributed by atoms with Gasteiger partial charge in [-0.25, -0.2) is 13.4 Å². The summed E-state index contributed by atoms with van der Waals surface area (Å²) < 4.78 is 17.8. The highest BCUT2D eigenvalue weighted by molar-refractivity contribution is 7.97. The standard InChI is InChI=1S/C26H30FN7S/c1-18-12-24-20(14-29-34(24)22-8-6-21(27)7-9-22)13-23(18)25-17-33(35-26-15-28-31(2)30-26)11-10-32(25)16-19-4-3-5-19/h6-9,12-15,19,25H,3-5,10-11,16-17H2,1-2H3. The van der Waals surface area contributed by atoms with Crippen LogP contribution in [-0.2, 0) is 7.05 Å². The summed E-state index contributed by atoms with van der Waals surface area (Å²) in [5.74, 6) is 0.582. The summed E-state index contributed by atoms with van der Waals surface area (Å²) >= 11 is 1.70. The van der Waals surface area contributed by atoms with Gasteiger partial charge in [0, 0.05) is 44.7 Å². The van der Waals surface area contributed by atoms with Gasteiger partial charge in [0.15, 0.2) is 5.03 Å². The van der Waals surface area contributed by atoms with Gasteiger partial charge in [-0.2, -0.15) is 15.0 Å². The minimum Gasteiger partial charge on any atom is -0.293 e. The summed E-state index contributed by atoms with van der Waals surface area (Å²) in [4.78, 5) is 4.31. The SMILES string of the molecule is Cc1cc2c(cnn2-c2ccc(F)cc2)cc1C1CN(Sc2cnn(C)n2)CCN1CC1CCC1. The van der Waals surface area contributed by atoms with Crippen molar-refractivity contribution in [2.24, 2.45) is 13.0 Å². The lowest BCUT2D eigenvalue weighted by molar-refractivity contribution is 0.0843. The van der Waals surface area contributed by atoms with E-state index in [1.807, 2.05) is 24.1 Å². The van der Waals surface area contributed by atoms with Crippen LogP contribution in [0.2, 0.25) is 0 Å². The molecule has 3 heterocycles. The third kappa shape index (κ3) is 4.60. The van der Waals surface area contributed by atoms with E-state index < -0.39 is 0 Å². The number of rotatable bonds is 6. The van der Waals surface area contributed by atoms with Crippen LogP contribution in [-0.4, -0.2) is 60.2 Å². The van der Waals surface area contributed by atoms with Crippen molar-refractivity contribution < 1.29 is 4.39 Å². The predicted octanol–water partition coefficient (Wildman–Crippen LogP) is 4.77. The van der Waals surface area contributed by atoms with E-state index in [1.165, 1.54) is 49.1 Å². The Labute approximate surface area is 209 Å². The summed E-state index contributed by atoms with van der Waals surface area (Å²) in [7, 11) is 1.86. The summed E-state index contributed by atoms with van der Waals surface area (Å²) in [6, 6.07) is 11.4. The van der Waals surface area contributed by atoms with E-state index in [4.69, 9.17) is 0 Å². The van der Waals surface area contributed by atoms with Crippen LogP contribution in [0, 0.1) is 18.7 Å². The fraction of sp³-hybridized carbons (Fsp3) is 0.423. The summed E-state index contributed by atoms with van der Waals surface area (Å²) in [6.07, 6.45) is 7.83. The highest BCUT2D eigenvalue weighted by Crippen LogP contribution is 2.37. The molecule has 0 bridgehead atoms. The summed E-state index contributed by atoms with van der Waals surface area (Å²) in [5, 5.41) is 15.4. The van der Waals surface area contributed by atoms with Gasteiger partial charge < -0.3 is 0 Å². The molecule has 0 N–H and O–H groups in total. The normalized spacial score (nSPS) is 19.9. The van der Waals surface area contributed by atoms with Crippen molar-refractivity contribution in [1.82, 2.24) is 34.0 Å². The Kier molecular flexibility index (Phi) is 6.07. The number of halogens is 1. The minimum absolute atomic E-state index is 0.239. The van der Waals surface area contributed by atoms with E-state index in [1.54, 1.807) is 28.9 Å². The van der Waals surface area contributed by atoms with Gasteiger partial charge in [-0.15, -0.1) is 5.10 Å². The maximum absolute atomic E-state index is 13.4. The first-order valence-electron chi connectivity index (χ1n) is 12.3. The molecular formula is C26H30FN7S. The molecule has 1 aliphatic carbocycles.